The highest BCUT2D eigenvalue weighted by atomic mass is 16.4. The molecular weight excluding hydrogens is 222 g/mol. The second-order valence-electron chi connectivity index (χ2n) is 3.37. The molecule has 0 radical (unpaired) electrons. The fourth-order valence-corrected chi connectivity index (χ4v) is 1.19. The first kappa shape index (κ1) is 12.6. The molecule has 0 saturated carbocycles. The number of carboxylic acid groups (broad SMARTS) is 1. The van der Waals surface area contributed by atoms with Crippen molar-refractivity contribution in [1.82, 2.24) is 0 Å². The van der Waals surface area contributed by atoms with Gasteiger partial charge in [0.25, 0.3) is 0 Å². The summed E-state index contributed by atoms with van der Waals surface area (Å²) in [5, 5.41) is 18.1. The molecule has 0 heterocycles. The van der Waals surface area contributed by atoms with Crippen LogP contribution in [0.4, 0.5) is 0 Å². The molecule has 5 nitrogen and oxygen atoms in total. The fourth-order valence-electron chi connectivity index (χ4n) is 1.19. The Morgan fingerprint density at radius 2 is 2.06 bits per heavy atom. The van der Waals surface area contributed by atoms with Crippen molar-refractivity contribution >= 4 is 11.9 Å². The summed E-state index contributed by atoms with van der Waals surface area (Å²) in [7, 11) is 0. The molecule has 1 aromatic carbocycles. The van der Waals surface area contributed by atoms with E-state index in [1.807, 2.05) is 0 Å². The Morgan fingerprint density at radius 1 is 1.35 bits per heavy atom. The van der Waals surface area contributed by atoms with Gasteiger partial charge in [-0.25, -0.2) is 0 Å². The average Bonchev–Trinajstić information content (AvgIpc) is 2.21. The molecule has 5 heteroatoms. The first-order chi connectivity index (χ1) is 7.99. The minimum absolute atomic E-state index is 0.0592. The SMILES string of the molecule is NC(=O)CC#Cc1cc(CC(=O)O)ccc1O. The summed E-state index contributed by atoms with van der Waals surface area (Å²) in [4.78, 5) is 21.0. The van der Waals surface area contributed by atoms with Gasteiger partial charge in [-0.3, -0.25) is 9.59 Å². The number of aliphatic carboxylic acids is 1. The Hall–Kier alpha value is -2.48. The van der Waals surface area contributed by atoms with Gasteiger partial charge in [-0.15, -0.1) is 0 Å². The maximum atomic E-state index is 10.5. The van der Waals surface area contributed by atoms with Crippen LogP contribution in [0, 0.1) is 11.8 Å². The van der Waals surface area contributed by atoms with Gasteiger partial charge in [-0.1, -0.05) is 17.9 Å². The number of rotatable bonds is 3. The maximum Gasteiger partial charge on any atom is 0.307 e. The number of phenolic OH excluding ortho intramolecular Hbond substituents is 1. The Morgan fingerprint density at radius 3 is 2.65 bits per heavy atom. The summed E-state index contributed by atoms with van der Waals surface area (Å²) < 4.78 is 0. The van der Waals surface area contributed by atoms with Crippen molar-refractivity contribution in [2.45, 2.75) is 12.8 Å². The van der Waals surface area contributed by atoms with E-state index in [9.17, 15) is 14.7 Å². The van der Waals surface area contributed by atoms with Crippen LogP contribution in [0.15, 0.2) is 18.2 Å². The van der Waals surface area contributed by atoms with Crippen LogP contribution in [0.1, 0.15) is 17.5 Å². The molecule has 1 aromatic rings. The summed E-state index contributed by atoms with van der Waals surface area (Å²) in [6.07, 6.45) is -0.257. The third-order valence-corrected chi connectivity index (χ3v) is 1.90. The molecule has 0 bridgehead atoms. The number of phenols is 1. The van der Waals surface area contributed by atoms with E-state index in [2.05, 4.69) is 11.8 Å². The Labute approximate surface area is 97.9 Å². The Kier molecular flexibility index (Phi) is 4.12. The lowest BCUT2D eigenvalue weighted by Crippen LogP contribution is -2.08. The first-order valence-corrected chi connectivity index (χ1v) is 4.80. The second-order valence-corrected chi connectivity index (χ2v) is 3.37. The monoisotopic (exact) mass is 233 g/mol. The van der Waals surface area contributed by atoms with Gasteiger partial charge in [0.15, 0.2) is 0 Å². The summed E-state index contributed by atoms with van der Waals surface area (Å²) in [5.41, 5.74) is 5.72. The number of primary amides is 1. The number of aromatic hydroxyl groups is 1. The quantitative estimate of drug-likeness (QED) is 0.651. The van der Waals surface area contributed by atoms with Gasteiger partial charge in [0.05, 0.1) is 18.4 Å². The highest BCUT2D eigenvalue weighted by molar-refractivity contribution is 5.76. The molecule has 0 aliphatic rings. The Balaban J connectivity index is 2.92. The van der Waals surface area contributed by atoms with Crippen molar-refractivity contribution in [2.75, 3.05) is 0 Å². The van der Waals surface area contributed by atoms with Gasteiger partial charge < -0.3 is 15.9 Å². The van der Waals surface area contributed by atoms with E-state index in [1.54, 1.807) is 0 Å². The van der Waals surface area contributed by atoms with Crippen molar-refractivity contribution < 1.29 is 19.8 Å². The van der Waals surface area contributed by atoms with E-state index < -0.39 is 11.9 Å². The third kappa shape index (κ3) is 4.26. The van der Waals surface area contributed by atoms with Crippen LogP contribution >= 0.6 is 0 Å². The molecule has 0 aromatic heterocycles. The highest BCUT2D eigenvalue weighted by Gasteiger charge is 2.04. The van der Waals surface area contributed by atoms with E-state index in [4.69, 9.17) is 10.8 Å². The predicted octanol–water partition coefficient (Wildman–Crippen LogP) is 0.246. The topological polar surface area (TPSA) is 101 Å². The van der Waals surface area contributed by atoms with Crippen LogP contribution in [0.2, 0.25) is 0 Å². The summed E-state index contributed by atoms with van der Waals surface area (Å²) in [5.74, 6) is 3.47. The van der Waals surface area contributed by atoms with Gasteiger partial charge in [0.2, 0.25) is 5.91 Å². The van der Waals surface area contributed by atoms with Crippen LogP contribution in [0.5, 0.6) is 5.75 Å². The molecule has 4 N–H and O–H groups in total. The summed E-state index contributed by atoms with van der Waals surface area (Å²) in [6.45, 7) is 0. The van der Waals surface area contributed by atoms with E-state index in [1.165, 1.54) is 18.2 Å². The number of amides is 1. The van der Waals surface area contributed by atoms with Crippen molar-refractivity contribution in [1.29, 1.82) is 0 Å². The maximum absolute atomic E-state index is 10.5. The van der Waals surface area contributed by atoms with E-state index >= 15 is 0 Å². The summed E-state index contributed by atoms with van der Waals surface area (Å²) in [6, 6.07) is 4.34. The predicted molar refractivity (Wildman–Crippen MR) is 60.1 cm³/mol. The number of carbonyl (C=O) groups excluding carboxylic acids is 1. The molecular formula is C12H11NO4. The number of hydrogen-bond acceptors (Lipinski definition) is 3. The van der Waals surface area contributed by atoms with Crippen LogP contribution < -0.4 is 5.73 Å². The molecule has 0 spiro atoms. The zero-order chi connectivity index (χ0) is 12.8. The largest absolute Gasteiger partial charge is 0.507 e. The van der Waals surface area contributed by atoms with Crippen LogP contribution in [-0.2, 0) is 16.0 Å². The van der Waals surface area contributed by atoms with Gasteiger partial charge in [-0.05, 0) is 17.7 Å². The molecule has 0 fully saturated rings. The molecule has 0 unspecified atom stereocenters. The highest BCUT2D eigenvalue weighted by Crippen LogP contribution is 2.17. The number of hydrogen-bond donors (Lipinski definition) is 3. The zero-order valence-electron chi connectivity index (χ0n) is 8.93. The lowest BCUT2D eigenvalue weighted by molar-refractivity contribution is -0.136. The molecule has 0 saturated heterocycles. The van der Waals surface area contributed by atoms with Gasteiger partial charge in [-0.2, -0.15) is 0 Å². The number of carboxylic acids is 1. The standard InChI is InChI=1S/C12H11NO4/c13-11(15)3-1-2-9-6-8(7-12(16)17)4-5-10(9)14/h4-6,14H,3,7H2,(H2,13,15)(H,16,17). The minimum Gasteiger partial charge on any atom is -0.507 e. The number of benzene rings is 1. The van der Waals surface area contributed by atoms with E-state index in [0.717, 1.165) is 0 Å². The molecule has 0 aliphatic carbocycles. The minimum atomic E-state index is -0.966. The van der Waals surface area contributed by atoms with Crippen molar-refractivity contribution in [3.05, 3.63) is 29.3 Å². The number of carbonyl (C=O) groups is 2. The molecule has 0 atom stereocenters. The zero-order valence-corrected chi connectivity index (χ0v) is 8.93. The van der Waals surface area contributed by atoms with Crippen molar-refractivity contribution in [3.8, 4) is 17.6 Å². The van der Waals surface area contributed by atoms with Gasteiger partial charge in [0.1, 0.15) is 5.75 Å². The second kappa shape index (κ2) is 5.56. The van der Waals surface area contributed by atoms with Crippen molar-refractivity contribution in [2.24, 2.45) is 5.73 Å². The number of nitrogens with two attached hydrogens (primary N) is 1. The van der Waals surface area contributed by atoms with Crippen LogP contribution in [0.25, 0.3) is 0 Å². The lowest BCUT2D eigenvalue weighted by Gasteiger charge is -2.00. The molecule has 1 amide bonds. The smallest absolute Gasteiger partial charge is 0.307 e. The third-order valence-electron chi connectivity index (χ3n) is 1.90. The lowest BCUT2D eigenvalue weighted by atomic mass is 10.1. The van der Waals surface area contributed by atoms with E-state index in [0.29, 0.717) is 5.56 Å². The fraction of sp³-hybridized carbons (Fsp3) is 0.167. The molecule has 0 aliphatic heterocycles. The molecule has 1 rings (SSSR count). The normalized spacial score (nSPS) is 9.18. The first-order valence-electron chi connectivity index (χ1n) is 4.80. The van der Waals surface area contributed by atoms with E-state index in [-0.39, 0.29) is 24.2 Å². The van der Waals surface area contributed by atoms with Gasteiger partial charge >= 0.3 is 5.97 Å². The van der Waals surface area contributed by atoms with Crippen LogP contribution in [-0.4, -0.2) is 22.1 Å². The molecule has 88 valence electrons. The van der Waals surface area contributed by atoms with Crippen LogP contribution in [0.3, 0.4) is 0 Å². The molecule has 17 heavy (non-hydrogen) atoms. The van der Waals surface area contributed by atoms with Crippen molar-refractivity contribution in [3.63, 3.8) is 0 Å². The average molecular weight is 233 g/mol. The Bertz CT molecular complexity index is 511. The van der Waals surface area contributed by atoms with Gasteiger partial charge in [0, 0.05) is 0 Å². The summed E-state index contributed by atoms with van der Waals surface area (Å²) >= 11 is 0.